The molecule has 0 amide bonds. The number of rotatable bonds is 0. The molecule has 0 bridgehead atoms. The van der Waals surface area contributed by atoms with Gasteiger partial charge in [-0.3, -0.25) is 4.98 Å². The Balaban J connectivity index is 0.000000451. The van der Waals surface area contributed by atoms with Crippen LogP contribution in [0, 0.1) is 0 Å². The van der Waals surface area contributed by atoms with Gasteiger partial charge in [0, 0.05) is 11.6 Å². The summed E-state index contributed by atoms with van der Waals surface area (Å²) in [6.07, 6.45) is 1.81. The Labute approximate surface area is 79.4 Å². The maximum absolute atomic E-state index is 4.50. The highest BCUT2D eigenvalue weighted by Crippen LogP contribution is 2.07. The molecule has 0 spiro atoms. The summed E-state index contributed by atoms with van der Waals surface area (Å²) in [7, 11) is 1.50. The molecule has 2 N–H and O–H groups in total. The Morgan fingerprint density at radius 1 is 1.00 bits per heavy atom. The molecule has 13 heavy (non-hydrogen) atoms. The van der Waals surface area contributed by atoms with Crippen LogP contribution >= 0.6 is 0 Å². The quantitative estimate of drug-likeness (QED) is 0.669. The SMILES string of the molecule is C.CN.c1ccc2ncccc2c1. The van der Waals surface area contributed by atoms with Crippen molar-refractivity contribution < 1.29 is 0 Å². The maximum Gasteiger partial charge on any atom is 0.0701 e. The number of aromatic nitrogens is 1. The van der Waals surface area contributed by atoms with Crippen LogP contribution in [0.2, 0.25) is 0 Å². The minimum absolute atomic E-state index is 0. The molecule has 1 aromatic heterocycles. The zero-order valence-electron chi connectivity index (χ0n) is 7.07. The standard InChI is InChI=1S/C9H7N.CH5N.CH4/c1-2-6-9-8(4-1)5-3-7-10-9;1-2;/h1-7H;2H2,1H3;1H4. The van der Waals surface area contributed by atoms with E-state index in [0.29, 0.717) is 0 Å². The first-order chi connectivity index (χ1) is 5.97. The second-order valence-electron chi connectivity index (χ2n) is 2.20. The zero-order chi connectivity index (χ0) is 8.81. The van der Waals surface area contributed by atoms with E-state index in [0.717, 1.165) is 5.52 Å². The normalized spacial score (nSPS) is 8.15. The maximum atomic E-state index is 4.50. The summed E-state index contributed by atoms with van der Waals surface area (Å²) in [4.78, 5) is 4.18. The van der Waals surface area contributed by atoms with Gasteiger partial charge in [0.25, 0.3) is 0 Å². The van der Waals surface area contributed by atoms with Crippen LogP contribution in [0.15, 0.2) is 42.6 Å². The number of pyridine rings is 1. The van der Waals surface area contributed by atoms with E-state index in [1.54, 1.807) is 0 Å². The lowest BCUT2D eigenvalue weighted by Gasteiger charge is -1.91. The molecule has 0 saturated heterocycles. The van der Waals surface area contributed by atoms with Gasteiger partial charge in [-0.05, 0) is 19.2 Å². The number of hydrogen-bond acceptors (Lipinski definition) is 2. The Morgan fingerprint density at radius 3 is 2.31 bits per heavy atom. The summed E-state index contributed by atoms with van der Waals surface area (Å²) >= 11 is 0. The second kappa shape index (κ2) is 6.14. The molecular weight excluding hydrogens is 160 g/mol. The van der Waals surface area contributed by atoms with Gasteiger partial charge in [0.05, 0.1) is 5.52 Å². The molecule has 0 radical (unpaired) electrons. The number of nitrogens with zero attached hydrogens (tertiary/aromatic N) is 1. The summed E-state index contributed by atoms with van der Waals surface area (Å²) in [6.45, 7) is 0. The van der Waals surface area contributed by atoms with E-state index in [1.165, 1.54) is 12.4 Å². The molecule has 0 aliphatic heterocycles. The number of benzene rings is 1. The minimum Gasteiger partial charge on any atom is -0.333 e. The first-order valence-corrected chi connectivity index (χ1v) is 3.84. The third-order valence-electron chi connectivity index (χ3n) is 1.51. The van der Waals surface area contributed by atoms with Crippen molar-refractivity contribution >= 4 is 10.9 Å². The molecule has 0 atom stereocenters. The fourth-order valence-corrected chi connectivity index (χ4v) is 1.02. The summed E-state index contributed by atoms with van der Waals surface area (Å²) in [6, 6.07) is 12.1. The van der Waals surface area contributed by atoms with Gasteiger partial charge in [-0.15, -0.1) is 0 Å². The highest BCUT2D eigenvalue weighted by Gasteiger charge is 1.86. The number of fused-ring (bicyclic) bond motifs is 1. The molecule has 0 fully saturated rings. The average Bonchev–Trinajstić information content (AvgIpc) is 2.21. The third kappa shape index (κ3) is 2.84. The molecule has 0 aliphatic rings. The van der Waals surface area contributed by atoms with Gasteiger partial charge in [-0.2, -0.15) is 0 Å². The highest BCUT2D eigenvalue weighted by atomic mass is 14.6. The average molecular weight is 176 g/mol. The predicted octanol–water partition coefficient (Wildman–Crippen LogP) is 2.45. The number of nitrogens with two attached hydrogens (primary N) is 1. The van der Waals surface area contributed by atoms with E-state index in [9.17, 15) is 0 Å². The van der Waals surface area contributed by atoms with E-state index in [1.807, 2.05) is 30.5 Å². The van der Waals surface area contributed by atoms with Gasteiger partial charge >= 0.3 is 0 Å². The Hall–Kier alpha value is -1.41. The fraction of sp³-hybridized carbons (Fsp3) is 0.182. The largest absolute Gasteiger partial charge is 0.333 e. The molecule has 2 heteroatoms. The number of hydrogen-bond donors (Lipinski definition) is 1. The van der Waals surface area contributed by atoms with Crippen LogP contribution in [-0.4, -0.2) is 12.0 Å². The summed E-state index contributed by atoms with van der Waals surface area (Å²) in [5.41, 5.74) is 5.56. The van der Waals surface area contributed by atoms with Gasteiger partial charge in [-0.25, -0.2) is 0 Å². The Kier molecular flexibility index (Phi) is 5.48. The smallest absolute Gasteiger partial charge is 0.0701 e. The van der Waals surface area contributed by atoms with Crippen LogP contribution in [0.5, 0.6) is 0 Å². The first-order valence-electron chi connectivity index (χ1n) is 3.84. The molecular formula is C11H16N2. The molecule has 2 nitrogen and oxygen atoms in total. The topological polar surface area (TPSA) is 38.9 Å². The van der Waals surface area contributed by atoms with Gasteiger partial charge < -0.3 is 5.73 Å². The molecule has 2 rings (SSSR count). The molecule has 2 aromatic rings. The summed E-state index contributed by atoms with van der Waals surface area (Å²) < 4.78 is 0. The van der Waals surface area contributed by atoms with Crippen molar-refractivity contribution in [2.24, 2.45) is 5.73 Å². The molecule has 1 heterocycles. The van der Waals surface area contributed by atoms with Crippen molar-refractivity contribution in [1.82, 2.24) is 4.98 Å². The van der Waals surface area contributed by atoms with Gasteiger partial charge in [0.15, 0.2) is 0 Å². The van der Waals surface area contributed by atoms with E-state index >= 15 is 0 Å². The van der Waals surface area contributed by atoms with E-state index in [2.05, 4.69) is 22.9 Å². The zero-order valence-corrected chi connectivity index (χ0v) is 7.07. The van der Waals surface area contributed by atoms with E-state index < -0.39 is 0 Å². The Bertz CT molecular complexity index is 279. The van der Waals surface area contributed by atoms with Crippen LogP contribution in [0.25, 0.3) is 10.9 Å². The van der Waals surface area contributed by atoms with Crippen LogP contribution in [-0.2, 0) is 0 Å². The van der Waals surface area contributed by atoms with E-state index in [4.69, 9.17) is 0 Å². The molecule has 1 aromatic carbocycles. The van der Waals surface area contributed by atoms with Crippen molar-refractivity contribution in [2.45, 2.75) is 7.43 Å². The van der Waals surface area contributed by atoms with Crippen LogP contribution in [0.4, 0.5) is 0 Å². The molecule has 70 valence electrons. The van der Waals surface area contributed by atoms with Gasteiger partial charge in [-0.1, -0.05) is 31.7 Å². The van der Waals surface area contributed by atoms with Gasteiger partial charge in [0.1, 0.15) is 0 Å². The summed E-state index contributed by atoms with van der Waals surface area (Å²) in [5, 5.41) is 1.20. The van der Waals surface area contributed by atoms with Crippen molar-refractivity contribution in [1.29, 1.82) is 0 Å². The third-order valence-corrected chi connectivity index (χ3v) is 1.51. The van der Waals surface area contributed by atoms with Crippen molar-refractivity contribution in [3.63, 3.8) is 0 Å². The van der Waals surface area contributed by atoms with Crippen molar-refractivity contribution in [3.05, 3.63) is 42.6 Å². The molecule has 0 aliphatic carbocycles. The lowest BCUT2D eigenvalue weighted by molar-refractivity contribution is 1.41. The van der Waals surface area contributed by atoms with Gasteiger partial charge in [0.2, 0.25) is 0 Å². The van der Waals surface area contributed by atoms with Crippen molar-refractivity contribution in [3.8, 4) is 0 Å². The molecule has 0 unspecified atom stereocenters. The lowest BCUT2D eigenvalue weighted by atomic mass is 10.2. The number of para-hydroxylation sites is 1. The van der Waals surface area contributed by atoms with E-state index in [-0.39, 0.29) is 7.43 Å². The minimum atomic E-state index is 0. The molecule has 0 saturated carbocycles. The van der Waals surface area contributed by atoms with Crippen molar-refractivity contribution in [2.75, 3.05) is 7.05 Å². The first kappa shape index (κ1) is 11.6. The Morgan fingerprint density at radius 2 is 1.62 bits per heavy atom. The summed E-state index contributed by atoms with van der Waals surface area (Å²) in [5.74, 6) is 0. The van der Waals surface area contributed by atoms with Crippen LogP contribution < -0.4 is 5.73 Å². The van der Waals surface area contributed by atoms with Crippen LogP contribution in [0.3, 0.4) is 0 Å². The fourth-order valence-electron chi connectivity index (χ4n) is 1.02. The highest BCUT2D eigenvalue weighted by molar-refractivity contribution is 5.77. The lowest BCUT2D eigenvalue weighted by Crippen LogP contribution is -1.73. The van der Waals surface area contributed by atoms with Crippen LogP contribution in [0.1, 0.15) is 7.43 Å². The monoisotopic (exact) mass is 176 g/mol. The predicted molar refractivity (Wildman–Crippen MR) is 58.6 cm³/mol. The second-order valence-corrected chi connectivity index (χ2v) is 2.20.